The average molecular weight is 273 g/mol. The van der Waals surface area contributed by atoms with Crippen molar-refractivity contribution in [2.75, 3.05) is 0 Å². The fraction of sp³-hybridized carbons (Fsp3) is 0.588. The Morgan fingerprint density at radius 2 is 1.45 bits per heavy atom. The van der Waals surface area contributed by atoms with Crippen molar-refractivity contribution in [1.82, 2.24) is 0 Å². The molecule has 108 valence electrons. The molecule has 5 rings (SSSR count). The van der Waals surface area contributed by atoms with Crippen LogP contribution in [0.5, 0.6) is 0 Å². The van der Waals surface area contributed by atoms with Crippen molar-refractivity contribution >= 4 is 5.97 Å². The zero-order chi connectivity index (χ0) is 14.2. The predicted molar refractivity (Wildman–Crippen MR) is 74.6 cm³/mol. The lowest BCUT2D eigenvalue weighted by Gasteiger charge is -2.52. The molecule has 20 heavy (non-hydrogen) atoms. The van der Waals surface area contributed by atoms with E-state index < -0.39 is 5.97 Å². The number of aromatic carboxylic acids is 1. The summed E-state index contributed by atoms with van der Waals surface area (Å²) in [6.07, 6.45) is 9.02. The van der Waals surface area contributed by atoms with Crippen LogP contribution in [0.15, 0.2) is 30.3 Å². The van der Waals surface area contributed by atoms with Gasteiger partial charge < -0.3 is 15.6 Å². The quantitative estimate of drug-likeness (QED) is 0.836. The summed E-state index contributed by atoms with van der Waals surface area (Å²) in [5, 5.41) is 10.1. The summed E-state index contributed by atoms with van der Waals surface area (Å²) >= 11 is 0. The van der Waals surface area contributed by atoms with Crippen LogP contribution in [0.1, 0.15) is 48.9 Å². The van der Waals surface area contributed by atoms with Crippen molar-refractivity contribution in [3.63, 3.8) is 0 Å². The van der Waals surface area contributed by atoms with Crippen LogP contribution in [0.25, 0.3) is 0 Å². The zero-order valence-electron chi connectivity index (χ0n) is 11.9. The lowest BCUT2D eigenvalue weighted by atomic mass is 9.53. The minimum atomic E-state index is -1.13. The van der Waals surface area contributed by atoms with Crippen molar-refractivity contribution < 1.29 is 15.6 Å². The van der Waals surface area contributed by atoms with E-state index >= 15 is 0 Å². The monoisotopic (exact) mass is 273 g/mol. The average Bonchev–Trinajstić information content (AvgIpc) is 2.37. The number of carbonyl (C=O) groups is 1. The van der Waals surface area contributed by atoms with Gasteiger partial charge in [0.05, 0.1) is 11.5 Å². The van der Waals surface area contributed by atoms with Gasteiger partial charge in [0.15, 0.2) is 0 Å². The first kappa shape index (κ1) is 13.6. The van der Waals surface area contributed by atoms with Gasteiger partial charge in [-0.05, 0) is 42.6 Å². The van der Waals surface area contributed by atoms with E-state index in [2.05, 4.69) is 5.73 Å². The number of hydrogen-bond acceptors (Lipinski definition) is 2. The Morgan fingerprint density at radius 3 is 1.75 bits per heavy atom. The number of benzene rings is 1. The number of carboxylic acid groups (broad SMARTS) is 1. The van der Waals surface area contributed by atoms with Crippen LogP contribution in [-0.2, 0) is 0 Å². The van der Waals surface area contributed by atoms with Gasteiger partial charge in [0.1, 0.15) is 0 Å². The van der Waals surface area contributed by atoms with E-state index in [-0.39, 0.29) is 5.56 Å². The van der Waals surface area contributed by atoms with E-state index in [0.717, 1.165) is 17.8 Å². The van der Waals surface area contributed by atoms with Crippen LogP contribution in [-0.4, -0.2) is 11.5 Å². The van der Waals surface area contributed by atoms with Gasteiger partial charge in [-0.2, -0.15) is 0 Å². The number of carboxylic acids is 1. The molecule has 0 aliphatic heterocycles. The van der Waals surface area contributed by atoms with Gasteiger partial charge in [-0.1, -0.05) is 30.3 Å². The number of rotatable bonds is 1. The maximum Gasteiger partial charge on any atom is 0.0953 e. The highest BCUT2D eigenvalue weighted by Crippen LogP contribution is 2.53. The van der Waals surface area contributed by atoms with Crippen LogP contribution in [0, 0.1) is 17.8 Å². The fourth-order valence-electron chi connectivity index (χ4n) is 4.86. The molecule has 0 spiro atoms. The lowest BCUT2D eigenvalue weighted by molar-refractivity contribution is -0.504. The topological polar surface area (TPSA) is 67.8 Å². The molecule has 0 saturated heterocycles. The Balaban J connectivity index is 0.000000124. The highest BCUT2D eigenvalue weighted by Gasteiger charge is 2.51. The fourth-order valence-corrected chi connectivity index (χ4v) is 4.86. The molecule has 1 aromatic rings. The van der Waals surface area contributed by atoms with Gasteiger partial charge in [0.25, 0.3) is 0 Å². The Kier molecular flexibility index (Phi) is 3.55. The number of carbonyl (C=O) groups excluding carboxylic acids is 1. The molecule has 0 aromatic heterocycles. The van der Waals surface area contributed by atoms with E-state index in [4.69, 9.17) is 0 Å². The second-order valence-electron chi connectivity index (χ2n) is 7.07. The molecule has 4 saturated carbocycles. The summed E-state index contributed by atoms with van der Waals surface area (Å²) in [6, 6.07) is 8.06. The minimum absolute atomic E-state index is 0.220. The van der Waals surface area contributed by atoms with Gasteiger partial charge in [-0.25, -0.2) is 0 Å². The highest BCUT2D eigenvalue weighted by molar-refractivity contribution is 5.85. The molecule has 1 aromatic carbocycles. The van der Waals surface area contributed by atoms with Crippen LogP contribution in [0.2, 0.25) is 0 Å². The molecule has 0 heterocycles. The van der Waals surface area contributed by atoms with Gasteiger partial charge >= 0.3 is 0 Å². The van der Waals surface area contributed by atoms with Crippen molar-refractivity contribution in [3.8, 4) is 0 Å². The Morgan fingerprint density at radius 1 is 1.00 bits per heavy atom. The van der Waals surface area contributed by atoms with Crippen molar-refractivity contribution in [2.45, 2.75) is 44.1 Å². The molecule has 0 atom stereocenters. The summed E-state index contributed by atoms with van der Waals surface area (Å²) in [6.45, 7) is 0. The molecule has 4 aliphatic rings. The highest BCUT2D eigenvalue weighted by atomic mass is 16.4. The number of hydrogen-bond donors (Lipinski definition) is 1. The summed E-state index contributed by atoms with van der Waals surface area (Å²) in [5.41, 5.74) is 5.20. The van der Waals surface area contributed by atoms with Crippen LogP contribution >= 0.6 is 0 Å². The maximum atomic E-state index is 10.1. The molecular weight excluding hydrogens is 250 g/mol. The SMILES string of the molecule is O=C([O-])c1ccccc1.[NH3+]C12CC3CC(CC(C3)C1)C2. The first-order valence-corrected chi connectivity index (χ1v) is 7.66. The molecule has 3 nitrogen and oxygen atoms in total. The van der Waals surface area contributed by atoms with E-state index in [1.807, 2.05) is 0 Å². The molecule has 0 unspecified atom stereocenters. The minimum Gasteiger partial charge on any atom is -0.545 e. The largest absolute Gasteiger partial charge is 0.545 e. The van der Waals surface area contributed by atoms with E-state index in [1.165, 1.54) is 31.4 Å². The van der Waals surface area contributed by atoms with Crippen molar-refractivity contribution in [2.24, 2.45) is 17.8 Å². The smallest absolute Gasteiger partial charge is 0.0953 e. The van der Waals surface area contributed by atoms with E-state index in [9.17, 15) is 9.90 Å². The third kappa shape index (κ3) is 2.88. The van der Waals surface area contributed by atoms with E-state index in [0.29, 0.717) is 5.54 Å². The van der Waals surface area contributed by atoms with Crippen molar-refractivity contribution in [1.29, 1.82) is 0 Å². The summed E-state index contributed by atoms with van der Waals surface area (Å²) in [5.74, 6) is 2.12. The normalized spacial score (nSPS) is 37.1. The summed E-state index contributed by atoms with van der Waals surface area (Å²) in [4.78, 5) is 10.1. The molecule has 3 heteroatoms. The molecule has 0 amide bonds. The zero-order valence-corrected chi connectivity index (χ0v) is 11.9. The standard InChI is InChI=1S/C10H17N.C7H6O2/c11-10-4-7-1-8(5-10)3-9(2-7)6-10;8-7(9)6-4-2-1-3-5-6/h7-9H,1-6,11H2;1-5H,(H,8,9). The van der Waals surface area contributed by atoms with Gasteiger partial charge in [-0.3, -0.25) is 0 Å². The van der Waals surface area contributed by atoms with Crippen molar-refractivity contribution in [3.05, 3.63) is 35.9 Å². The lowest BCUT2D eigenvalue weighted by Crippen LogP contribution is -2.77. The van der Waals surface area contributed by atoms with Crippen LogP contribution in [0.4, 0.5) is 0 Å². The van der Waals surface area contributed by atoms with Crippen LogP contribution in [0.3, 0.4) is 0 Å². The maximum absolute atomic E-state index is 10.1. The number of quaternary nitrogens is 1. The predicted octanol–water partition coefficient (Wildman–Crippen LogP) is 1.25. The summed E-state index contributed by atoms with van der Waals surface area (Å²) in [7, 11) is 0. The van der Waals surface area contributed by atoms with Gasteiger partial charge in [0, 0.05) is 19.3 Å². The Bertz CT molecular complexity index is 448. The van der Waals surface area contributed by atoms with E-state index in [1.54, 1.807) is 37.5 Å². The second-order valence-corrected chi connectivity index (χ2v) is 7.07. The Labute approximate surface area is 120 Å². The van der Waals surface area contributed by atoms with Gasteiger partial charge in [0.2, 0.25) is 0 Å². The third-order valence-electron chi connectivity index (χ3n) is 5.17. The second kappa shape index (κ2) is 5.21. The Hall–Kier alpha value is -1.35. The molecule has 3 N–H and O–H groups in total. The molecule has 0 radical (unpaired) electrons. The third-order valence-corrected chi connectivity index (χ3v) is 5.17. The first-order chi connectivity index (χ1) is 9.54. The molecular formula is C17H23NO2. The van der Waals surface area contributed by atoms with Gasteiger partial charge in [-0.15, -0.1) is 0 Å². The summed E-state index contributed by atoms with van der Waals surface area (Å²) < 4.78 is 0. The molecule has 4 bridgehead atoms. The molecule has 4 aliphatic carbocycles. The molecule has 4 fully saturated rings. The first-order valence-electron chi connectivity index (χ1n) is 7.66. The van der Waals surface area contributed by atoms with Crippen LogP contribution < -0.4 is 10.8 Å².